The number of hydrogen-bond donors (Lipinski definition) is 2. The fourth-order valence-corrected chi connectivity index (χ4v) is 3.26. The van der Waals surface area contributed by atoms with Crippen molar-refractivity contribution in [2.45, 2.75) is 33.4 Å². The Morgan fingerprint density at radius 1 is 1.03 bits per heavy atom. The highest BCUT2D eigenvalue weighted by atomic mass is 16.5. The molecule has 2 aromatic rings. The predicted octanol–water partition coefficient (Wildman–Crippen LogP) is 3.14. The van der Waals surface area contributed by atoms with E-state index in [1.54, 1.807) is 19.2 Å². The summed E-state index contributed by atoms with van der Waals surface area (Å²) < 4.78 is 5.36. The van der Waals surface area contributed by atoms with E-state index in [1.807, 2.05) is 30.3 Å². The Kier molecular flexibility index (Phi) is 8.68. The Bertz CT molecular complexity index is 801. The van der Waals surface area contributed by atoms with E-state index in [2.05, 4.69) is 35.4 Å². The highest BCUT2D eigenvalue weighted by Crippen LogP contribution is 2.24. The van der Waals surface area contributed by atoms with Crippen LogP contribution in [0.4, 0.5) is 0 Å². The molecule has 2 aromatic carbocycles. The summed E-state index contributed by atoms with van der Waals surface area (Å²) in [6.45, 7) is 8.44. The number of ether oxygens (including phenoxy) is 1. The summed E-state index contributed by atoms with van der Waals surface area (Å²) in [6, 6.07) is 15.3. The third kappa shape index (κ3) is 6.61. The van der Waals surface area contributed by atoms with Gasteiger partial charge in [-0.2, -0.15) is 0 Å². The van der Waals surface area contributed by atoms with Gasteiger partial charge in [0.15, 0.2) is 0 Å². The number of carbonyl (C=O) groups excluding carboxylic acids is 2. The molecule has 0 heterocycles. The Labute approximate surface area is 173 Å². The van der Waals surface area contributed by atoms with Crippen molar-refractivity contribution >= 4 is 11.8 Å². The normalized spacial score (nSPS) is 11.8. The molecule has 0 radical (unpaired) electrons. The molecule has 0 spiro atoms. The second-order valence-corrected chi connectivity index (χ2v) is 6.83. The maximum Gasteiger partial charge on any atom is 0.251 e. The van der Waals surface area contributed by atoms with Gasteiger partial charge in [-0.25, -0.2) is 0 Å². The van der Waals surface area contributed by atoms with Crippen LogP contribution >= 0.6 is 0 Å². The van der Waals surface area contributed by atoms with Crippen LogP contribution in [0.25, 0.3) is 0 Å². The Morgan fingerprint density at radius 2 is 1.72 bits per heavy atom. The van der Waals surface area contributed by atoms with Gasteiger partial charge >= 0.3 is 0 Å². The van der Waals surface area contributed by atoms with Crippen LogP contribution in [-0.4, -0.2) is 43.5 Å². The smallest absolute Gasteiger partial charge is 0.251 e. The lowest BCUT2D eigenvalue weighted by atomic mass is 10.0. The minimum absolute atomic E-state index is 0.0584. The van der Waals surface area contributed by atoms with Gasteiger partial charge in [0.25, 0.3) is 5.91 Å². The molecule has 0 aromatic heterocycles. The minimum Gasteiger partial charge on any atom is -0.497 e. The van der Waals surface area contributed by atoms with E-state index in [4.69, 9.17) is 4.74 Å². The first-order valence-electron chi connectivity index (χ1n) is 9.98. The topological polar surface area (TPSA) is 70.7 Å². The van der Waals surface area contributed by atoms with Crippen LogP contribution < -0.4 is 15.4 Å². The van der Waals surface area contributed by atoms with E-state index < -0.39 is 0 Å². The van der Waals surface area contributed by atoms with Gasteiger partial charge in [-0.3, -0.25) is 14.5 Å². The van der Waals surface area contributed by atoms with Gasteiger partial charge in [-0.15, -0.1) is 0 Å². The third-order valence-electron chi connectivity index (χ3n) is 4.95. The SMILES string of the molecule is CCN(CC)C(CNC(=O)c1ccc(CNC(C)=O)cc1)c1cccc(OC)c1. The summed E-state index contributed by atoms with van der Waals surface area (Å²) in [5.41, 5.74) is 2.66. The maximum absolute atomic E-state index is 12.7. The molecule has 6 nitrogen and oxygen atoms in total. The number of amides is 2. The first-order chi connectivity index (χ1) is 14.0. The molecule has 0 saturated heterocycles. The molecule has 1 unspecified atom stereocenters. The van der Waals surface area contributed by atoms with E-state index >= 15 is 0 Å². The fourth-order valence-electron chi connectivity index (χ4n) is 3.26. The number of nitrogens with zero attached hydrogens (tertiary/aromatic N) is 1. The Morgan fingerprint density at radius 3 is 2.31 bits per heavy atom. The van der Waals surface area contributed by atoms with Crippen molar-refractivity contribution in [3.05, 3.63) is 65.2 Å². The van der Waals surface area contributed by atoms with Crippen LogP contribution in [0.5, 0.6) is 5.75 Å². The third-order valence-corrected chi connectivity index (χ3v) is 4.95. The van der Waals surface area contributed by atoms with Gasteiger partial charge in [0.1, 0.15) is 5.75 Å². The van der Waals surface area contributed by atoms with Crippen molar-refractivity contribution in [1.29, 1.82) is 0 Å². The number of benzene rings is 2. The number of likely N-dealkylation sites (N-methyl/N-ethyl adjacent to an activating group) is 1. The lowest BCUT2D eigenvalue weighted by molar-refractivity contribution is -0.119. The molecule has 2 amide bonds. The molecule has 29 heavy (non-hydrogen) atoms. The van der Waals surface area contributed by atoms with E-state index in [0.29, 0.717) is 18.7 Å². The Balaban J connectivity index is 2.07. The summed E-state index contributed by atoms with van der Waals surface area (Å²) in [4.78, 5) is 26.0. The number of nitrogens with one attached hydrogen (secondary N) is 2. The number of methoxy groups -OCH3 is 1. The van der Waals surface area contributed by atoms with E-state index in [0.717, 1.165) is 30.0 Å². The monoisotopic (exact) mass is 397 g/mol. The summed E-state index contributed by atoms with van der Waals surface area (Å²) in [6.07, 6.45) is 0. The highest BCUT2D eigenvalue weighted by Gasteiger charge is 2.19. The molecule has 1 atom stereocenters. The van der Waals surface area contributed by atoms with E-state index in [1.165, 1.54) is 6.92 Å². The fraction of sp³-hybridized carbons (Fsp3) is 0.391. The lowest BCUT2D eigenvalue weighted by Crippen LogP contribution is -2.38. The molecule has 2 N–H and O–H groups in total. The Hall–Kier alpha value is -2.86. The zero-order chi connectivity index (χ0) is 21.2. The predicted molar refractivity (Wildman–Crippen MR) is 115 cm³/mol. The van der Waals surface area contributed by atoms with Crippen molar-refractivity contribution in [1.82, 2.24) is 15.5 Å². The van der Waals surface area contributed by atoms with Gasteiger partial charge in [0, 0.05) is 25.6 Å². The minimum atomic E-state index is -0.115. The average Bonchev–Trinajstić information content (AvgIpc) is 2.75. The van der Waals surface area contributed by atoms with Gasteiger partial charge in [-0.05, 0) is 48.5 Å². The number of rotatable bonds is 10. The summed E-state index contributed by atoms with van der Waals surface area (Å²) in [5, 5.41) is 5.81. The summed E-state index contributed by atoms with van der Waals surface area (Å²) >= 11 is 0. The molecule has 0 bridgehead atoms. The van der Waals surface area contributed by atoms with Crippen LogP contribution in [0.1, 0.15) is 48.3 Å². The van der Waals surface area contributed by atoms with Gasteiger partial charge < -0.3 is 15.4 Å². The maximum atomic E-state index is 12.7. The standard InChI is InChI=1S/C23H31N3O3/c1-5-26(6-2)22(20-8-7-9-21(14-20)29-4)16-25-23(28)19-12-10-18(11-13-19)15-24-17(3)27/h7-14,22H,5-6,15-16H2,1-4H3,(H,24,27)(H,25,28). The van der Waals surface area contributed by atoms with Crippen molar-refractivity contribution in [2.75, 3.05) is 26.7 Å². The van der Waals surface area contributed by atoms with Crippen LogP contribution in [0, 0.1) is 0 Å². The van der Waals surface area contributed by atoms with Crippen molar-refractivity contribution in [3.8, 4) is 5.75 Å². The van der Waals surface area contributed by atoms with Gasteiger partial charge in [-0.1, -0.05) is 38.1 Å². The van der Waals surface area contributed by atoms with Crippen LogP contribution in [0.15, 0.2) is 48.5 Å². The van der Waals surface area contributed by atoms with E-state index in [-0.39, 0.29) is 17.9 Å². The second-order valence-electron chi connectivity index (χ2n) is 6.83. The van der Waals surface area contributed by atoms with Crippen molar-refractivity contribution in [2.24, 2.45) is 0 Å². The zero-order valence-electron chi connectivity index (χ0n) is 17.7. The molecule has 0 aliphatic rings. The van der Waals surface area contributed by atoms with Crippen LogP contribution in [0.3, 0.4) is 0 Å². The zero-order valence-corrected chi connectivity index (χ0v) is 17.7. The number of carbonyl (C=O) groups is 2. The van der Waals surface area contributed by atoms with Crippen LogP contribution in [0.2, 0.25) is 0 Å². The summed E-state index contributed by atoms with van der Waals surface area (Å²) in [5.74, 6) is 0.615. The first-order valence-corrected chi connectivity index (χ1v) is 9.98. The number of hydrogen-bond acceptors (Lipinski definition) is 4. The molecule has 156 valence electrons. The van der Waals surface area contributed by atoms with Gasteiger partial charge in [0.2, 0.25) is 5.91 Å². The van der Waals surface area contributed by atoms with Crippen molar-refractivity contribution < 1.29 is 14.3 Å². The first kappa shape index (κ1) is 22.4. The molecule has 6 heteroatoms. The largest absolute Gasteiger partial charge is 0.497 e. The molecular formula is C23H31N3O3. The van der Waals surface area contributed by atoms with Gasteiger partial charge in [0.05, 0.1) is 13.2 Å². The van der Waals surface area contributed by atoms with Crippen LogP contribution in [-0.2, 0) is 11.3 Å². The highest BCUT2D eigenvalue weighted by molar-refractivity contribution is 5.94. The molecule has 2 rings (SSSR count). The molecule has 0 fully saturated rings. The lowest BCUT2D eigenvalue weighted by Gasteiger charge is -2.30. The molecular weight excluding hydrogens is 366 g/mol. The average molecular weight is 398 g/mol. The molecule has 0 aliphatic heterocycles. The summed E-state index contributed by atoms with van der Waals surface area (Å²) in [7, 11) is 1.66. The quantitative estimate of drug-likeness (QED) is 0.646. The molecule has 0 saturated carbocycles. The van der Waals surface area contributed by atoms with E-state index in [9.17, 15) is 9.59 Å². The second kappa shape index (κ2) is 11.2. The van der Waals surface area contributed by atoms with Crippen molar-refractivity contribution in [3.63, 3.8) is 0 Å². The molecule has 0 aliphatic carbocycles.